The van der Waals surface area contributed by atoms with Crippen molar-refractivity contribution in [1.29, 1.82) is 0 Å². The van der Waals surface area contributed by atoms with Gasteiger partial charge in [-0.25, -0.2) is 9.78 Å². The largest absolute Gasteiger partial charge is 0.353 e. The normalized spacial score (nSPS) is 14.8. The van der Waals surface area contributed by atoms with Crippen LogP contribution in [0.15, 0.2) is 24.4 Å². The summed E-state index contributed by atoms with van der Waals surface area (Å²) in [6.07, 6.45) is 1.80. The maximum atomic E-state index is 12.0. The van der Waals surface area contributed by atoms with E-state index < -0.39 is 0 Å². The van der Waals surface area contributed by atoms with Gasteiger partial charge in [-0.2, -0.15) is 0 Å². The van der Waals surface area contributed by atoms with Crippen molar-refractivity contribution < 1.29 is 4.79 Å². The predicted octanol–water partition coefficient (Wildman–Crippen LogP) is 0.897. The fraction of sp³-hybridized carbons (Fsp3) is 0.571. The van der Waals surface area contributed by atoms with Crippen molar-refractivity contribution in [2.75, 3.05) is 58.3 Å². The molecule has 0 spiro atoms. The van der Waals surface area contributed by atoms with Gasteiger partial charge in [0.25, 0.3) is 0 Å². The quantitative estimate of drug-likeness (QED) is 0.897. The monoisotopic (exact) mass is 313 g/mol. The lowest BCUT2D eigenvalue weighted by Gasteiger charge is -2.35. The molecule has 7 heteroatoms. The molecule has 1 aromatic rings. The number of hydrogen-bond donors (Lipinski definition) is 1. The zero-order chi connectivity index (χ0) is 14.4. The molecule has 1 N–H and O–H groups in total. The molecule has 2 amide bonds. The van der Waals surface area contributed by atoms with Crippen molar-refractivity contribution in [2.45, 2.75) is 0 Å². The molecule has 21 heavy (non-hydrogen) atoms. The number of halogens is 1. The number of nitrogens with zero attached hydrogens (tertiary/aromatic N) is 4. The molecule has 2 heterocycles. The lowest BCUT2D eigenvalue weighted by molar-refractivity contribution is 0.193. The second kappa shape index (κ2) is 8.69. The highest BCUT2D eigenvalue weighted by Gasteiger charge is 2.21. The third-order valence-electron chi connectivity index (χ3n) is 3.38. The van der Waals surface area contributed by atoms with Crippen LogP contribution in [0.4, 0.5) is 10.6 Å². The van der Waals surface area contributed by atoms with Gasteiger partial charge in [0.2, 0.25) is 0 Å². The maximum absolute atomic E-state index is 12.0. The fourth-order valence-electron chi connectivity index (χ4n) is 2.18. The zero-order valence-electron chi connectivity index (χ0n) is 12.7. The highest BCUT2D eigenvalue weighted by molar-refractivity contribution is 5.85. The first-order valence-corrected chi connectivity index (χ1v) is 7.00. The first-order valence-electron chi connectivity index (χ1n) is 7.00. The number of aromatic nitrogens is 1. The summed E-state index contributed by atoms with van der Waals surface area (Å²) in [5.41, 5.74) is 0. The second-order valence-electron chi connectivity index (χ2n) is 5.20. The maximum Gasteiger partial charge on any atom is 0.317 e. The van der Waals surface area contributed by atoms with E-state index in [0.717, 1.165) is 38.5 Å². The molecule has 1 saturated heterocycles. The molecule has 1 aliphatic heterocycles. The van der Waals surface area contributed by atoms with Crippen LogP contribution >= 0.6 is 12.4 Å². The van der Waals surface area contributed by atoms with Crippen molar-refractivity contribution in [3.8, 4) is 0 Å². The lowest BCUT2D eigenvalue weighted by Crippen LogP contribution is -2.52. The highest BCUT2D eigenvalue weighted by Crippen LogP contribution is 2.12. The van der Waals surface area contributed by atoms with E-state index in [-0.39, 0.29) is 18.4 Å². The van der Waals surface area contributed by atoms with Gasteiger partial charge < -0.3 is 20.0 Å². The van der Waals surface area contributed by atoms with Crippen LogP contribution in [-0.2, 0) is 0 Å². The highest BCUT2D eigenvalue weighted by atomic mass is 35.5. The molecular formula is C14H24ClN5O. The Balaban J connectivity index is 0.00000220. The predicted molar refractivity (Wildman–Crippen MR) is 87.2 cm³/mol. The molecule has 1 aliphatic rings. The zero-order valence-corrected chi connectivity index (χ0v) is 13.5. The summed E-state index contributed by atoms with van der Waals surface area (Å²) in [5.74, 6) is 0.986. The van der Waals surface area contributed by atoms with Gasteiger partial charge in [0.1, 0.15) is 5.82 Å². The molecule has 1 fully saturated rings. The Kier molecular flexibility index (Phi) is 7.25. The summed E-state index contributed by atoms with van der Waals surface area (Å²) >= 11 is 0. The van der Waals surface area contributed by atoms with Gasteiger partial charge in [-0.05, 0) is 26.2 Å². The molecule has 0 radical (unpaired) electrons. The second-order valence-corrected chi connectivity index (χ2v) is 5.20. The first-order chi connectivity index (χ1) is 9.66. The Bertz CT molecular complexity index is 421. The lowest BCUT2D eigenvalue weighted by atomic mass is 10.3. The van der Waals surface area contributed by atoms with Crippen molar-refractivity contribution >= 4 is 24.3 Å². The average Bonchev–Trinajstić information content (AvgIpc) is 2.48. The van der Waals surface area contributed by atoms with E-state index in [2.05, 4.69) is 20.1 Å². The number of carbonyl (C=O) groups excluding carboxylic acids is 1. The summed E-state index contributed by atoms with van der Waals surface area (Å²) in [6, 6.07) is 5.94. The van der Waals surface area contributed by atoms with Crippen LogP contribution in [0.5, 0.6) is 0 Å². The molecule has 0 aliphatic carbocycles. The van der Waals surface area contributed by atoms with E-state index in [1.807, 2.05) is 37.2 Å². The summed E-state index contributed by atoms with van der Waals surface area (Å²) in [7, 11) is 4.00. The van der Waals surface area contributed by atoms with Gasteiger partial charge >= 0.3 is 6.03 Å². The van der Waals surface area contributed by atoms with E-state index in [4.69, 9.17) is 0 Å². The summed E-state index contributed by atoms with van der Waals surface area (Å²) in [5, 5.41) is 2.95. The molecule has 0 aromatic carbocycles. The van der Waals surface area contributed by atoms with Crippen LogP contribution < -0.4 is 10.2 Å². The molecule has 118 valence electrons. The molecule has 0 atom stereocenters. The van der Waals surface area contributed by atoms with Gasteiger partial charge in [0.15, 0.2) is 0 Å². The summed E-state index contributed by atoms with van der Waals surface area (Å²) in [6.45, 7) is 4.69. The van der Waals surface area contributed by atoms with Crippen molar-refractivity contribution in [1.82, 2.24) is 20.1 Å². The van der Waals surface area contributed by atoms with Crippen molar-refractivity contribution in [2.24, 2.45) is 0 Å². The van der Waals surface area contributed by atoms with Gasteiger partial charge in [0, 0.05) is 45.5 Å². The van der Waals surface area contributed by atoms with Gasteiger partial charge in [-0.15, -0.1) is 12.4 Å². The van der Waals surface area contributed by atoms with Gasteiger partial charge in [-0.1, -0.05) is 6.07 Å². The minimum absolute atomic E-state index is 0. The number of carbonyl (C=O) groups is 1. The van der Waals surface area contributed by atoms with Gasteiger partial charge in [-0.3, -0.25) is 0 Å². The SMILES string of the molecule is CN(C)CCNC(=O)N1CCN(c2ccccn2)CC1.Cl. The van der Waals surface area contributed by atoms with Gasteiger partial charge in [0.05, 0.1) is 0 Å². The van der Waals surface area contributed by atoms with Crippen molar-refractivity contribution in [3.05, 3.63) is 24.4 Å². The molecule has 0 unspecified atom stereocenters. The van der Waals surface area contributed by atoms with Crippen molar-refractivity contribution in [3.63, 3.8) is 0 Å². The molecule has 2 rings (SSSR count). The number of urea groups is 1. The van der Waals surface area contributed by atoms with E-state index in [0.29, 0.717) is 6.54 Å². The number of nitrogens with one attached hydrogen (secondary N) is 1. The Morgan fingerprint density at radius 2 is 2.00 bits per heavy atom. The Hall–Kier alpha value is -1.53. The topological polar surface area (TPSA) is 51.7 Å². The number of anilines is 1. The summed E-state index contributed by atoms with van der Waals surface area (Å²) in [4.78, 5) is 22.5. The average molecular weight is 314 g/mol. The van der Waals surface area contributed by atoms with E-state index in [1.54, 1.807) is 6.20 Å². The number of likely N-dealkylation sites (N-methyl/N-ethyl adjacent to an activating group) is 1. The molecule has 0 saturated carbocycles. The molecule has 0 bridgehead atoms. The summed E-state index contributed by atoms with van der Waals surface area (Å²) < 4.78 is 0. The first kappa shape index (κ1) is 17.5. The molecular weight excluding hydrogens is 290 g/mol. The minimum Gasteiger partial charge on any atom is -0.353 e. The third kappa shape index (κ3) is 5.40. The van der Waals surface area contributed by atoms with Crippen LogP contribution in [0.1, 0.15) is 0 Å². The van der Waals surface area contributed by atoms with Crippen LogP contribution in [0.2, 0.25) is 0 Å². The van der Waals surface area contributed by atoms with E-state index in [1.165, 1.54) is 0 Å². The van der Waals surface area contributed by atoms with Crippen LogP contribution in [0.3, 0.4) is 0 Å². The Labute approximate surface area is 132 Å². The minimum atomic E-state index is 0. The Morgan fingerprint density at radius 3 is 2.57 bits per heavy atom. The number of rotatable bonds is 4. The number of amides is 2. The van der Waals surface area contributed by atoms with Crippen LogP contribution in [0, 0.1) is 0 Å². The molecule has 1 aromatic heterocycles. The van der Waals surface area contributed by atoms with E-state index in [9.17, 15) is 4.79 Å². The van der Waals surface area contributed by atoms with E-state index >= 15 is 0 Å². The third-order valence-corrected chi connectivity index (χ3v) is 3.38. The van der Waals surface area contributed by atoms with Crippen LogP contribution in [0.25, 0.3) is 0 Å². The van der Waals surface area contributed by atoms with Crippen LogP contribution in [-0.4, -0.2) is 74.2 Å². The fourth-order valence-corrected chi connectivity index (χ4v) is 2.18. The molecule has 6 nitrogen and oxygen atoms in total. The number of hydrogen-bond acceptors (Lipinski definition) is 4. The standard InChI is InChI=1S/C14H23N5O.ClH/c1-17(2)8-7-16-14(20)19-11-9-18(10-12-19)13-5-3-4-6-15-13;/h3-6H,7-12H2,1-2H3,(H,16,20);1H. The smallest absolute Gasteiger partial charge is 0.317 e. The number of piperazine rings is 1. The Morgan fingerprint density at radius 1 is 1.29 bits per heavy atom. The number of pyridine rings is 1.